The second-order valence-electron chi connectivity index (χ2n) is 10.7. The molecule has 0 saturated heterocycles. The van der Waals surface area contributed by atoms with Crippen molar-refractivity contribution in [2.45, 2.75) is 65.9 Å². The summed E-state index contributed by atoms with van der Waals surface area (Å²) in [6.07, 6.45) is -0.338. The largest absolute Gasteiger partial charge is 0.444 e. The van der Waals surface area contributed by atoms with Gasteiger partial charge in [-0.2, -0.15) is 4.68 Å². The zero-order chi connectivity index (χ0) is 27.3. The van der Waals surface area contributed by atoms with Gasteiger partial charge >= 0.3 is 11.8 Å². The minimum Gasteiger partial charge on any atom is -0.444 e. The van der Waals surface area contributed by atoms with Crippen LogP contribution in [0, 0.1) is 13.8 Å². The predicted molar refractivity (Wildman–Crippen MR) is 138 cm³/mol. The summed E-state index contributed by atoms with van der Waals surface area (Å²) in [5, 5.41) is 9.23. The van der Waals surface area contributed by atoms with Crippen LogP contribution in [0.3, 0.4) is 0 Å². The maximum absolute atomic E-state index is 12.6. The van der Waals surface area contributed by atoms with Crippen molar-refractivity contribution in [1.29, 1.82) is 0 Å². The highest BCUT2D eigenvalue weighted by molar-refractivity contribution is 6.04. The summed E-state index contributed by atoms with van der Waals surface area (Å²) < 4.78 is 6.19. The molecule has 0 fully saturated rings. The van der Waals surface area contributed by atoms with Gasteiger partial charge in [-0.05, 0) is 89.4 Å². The van der Waals surface area contributed by atoms with Crippen LogP contribution in [0.2, 0.25) is 0 Å². The van der Waals surface area contributed by atoms with Gasteiger partial charge in [-0.15, -0.1) is 5.10 Å². The van der Waals surface area contributed by atoms with Crippen LogP contribution in [0.1, 0.15) is 62.7 Å². The molecule has 0 saturated carbocycles. The number of carbonyl (C=O) groups excluding carboxylic acids is 2. The van der Waals surface area contributed by atoms with Crippen LogP contribution in [0.5, 0.6) is 0 Å². The van der Waals surface area contributed by atoms with E-state index in [0.29, 0.717) is 12.1 Å². The third-order valence-electron chi connectivity index (χ3n) is 6.09. The molecule has 1 aliphatic heterocycles. The number of anilines is 2. The van der Waals surface area contributed by atoms with Crippen LogP contribution >= 0.6 is 0 Å². The van der Waals surface area contributed by atoms with Crippen molar-refractivity contribution in [3.8, 4) is 5.69 Å². The molecule has 37 heavy (non-hydrogen) atoms. The average molecular weight is 507 g/mol. The van der Waals surface area contributed by atoms with E-state index < -0.39 is 28.4 Å². The molecule has 1 aliphatic rings. The van der Waals surface area contributed by atoms with E-state index in [4.69, 9.17) is 9.72 Å². The Morgan fingerprint density at radius 1 is 1.11 bits per heavy atom. The first-order valence-corrected chi connectivity index (χ1v) is 11.8. The number of pyridine rings is 1. The summed E-state index contributed by atoms with van der Waals surface area (Å²) in [4.78, 5) is 56.1. The van der Waals surface area contributed by atoms with Gasteiger partial charge in [-0.1, -0.05) is 0 Å². The number of hydrogen-bond acceptors (Lipinski definition) is 7. The van der Waals surface area contributed by atoms with Gasteiger partial charge in [0.1, 0.15) is 5.60 Å². The Morgan fingerprint density at radius 3 is 2.38 bits per heavy atom. The summed E-state index contributed by atoms with van der Waals surface area (Å²) in [6, 6.07) is 7.30. The molecular weight excluding hydrogens is 476 g/mol. The SMILES string of the molecule is Cc1cc(-n2nc(NC(=O)OC(C)(C)C)c(=O)[nH]c2=O)cc(C)c1Cc1ccc2c(n1)C(C)(C)C(=O)N2. The Balaban J connectivity index is 1.65. The third kappa shape index (κ3) is 5.16. The number of amides is 2. The highest BCUT2D eigenvalue weighted by Gasteiger charge is 2.40. The number of aromatic amines is 1. The first kappa shape index (κ1) is 25.8. The van der Waals surface area contributed by atoms with Crippen LogP contribution < -0.4 is 21.9 Å². The van der Waals surface area contributed by atoms with Crippen molar-refractivity contribution < 1.29 is 14.3 Å². The lowest BCUT2D eigenvalue weighted by Gasteiger charge is -2.19. The summed E-state index contributed by atoms with van der Waals surface area (Å²) in [5.41, 5.74) is 2.39. The first-order valence-electron chi connectivity index (χ1n) is 11.8. The van der Waals surface area contributed by atoms with E-state index in [1.54, 1.807) is 32.9 Å². The first-order chi connectivity index (χ1) is 17.2. The molecule has 2 amide bonds. The number of benzene rings is 1. The van der Waals surface area contributed by atoms with E-state index in [1.807, 2.05) is 39.8 Å². The number of rotatable bonds is 4. The van der Waals surface area contributed by atoms with Gasteiger partial charge < -0.3 is 10.1 Å². The number of aryl methyl sites for hydroxylation is 2. The van der Waals surface area contributed by atoms with Gasteiger partial charge in [-0.3, -0.25) is 24.9 Å². The Labute approximate surface area is 213 Å². The molecule has 11 nitrogen and oxygen atoms in total. The minimum atomic E-state index is -0.861. The van der Waals surface area contributed by atoms with Crippen molar-refractivity contribution in [2.75, 3.05) is 10.6 Å². The topological polar surface area (TPSA) is 148 Å². The quantitative estimate of drug-likeness (QED) is 0.492. The molecule has 3 heterocycles. The van der Waals surface area contributed by atoms with Gasteiger partial charge in [0.25, 0.3) is 5.56 Å². The monoisotopic (exact) mass is 506 g/mol. The molecule has 3 N–H and O–H groups in total. The van der Waals surface area contributed by atoms with Crippen LogP contribution in [0.4, 0.5) is 16.3 Å². The van der Waals surface area contributed by atoms with Crippen LogP contribution in [0.25, 0.3) is 5.69 Å². The van der Waals surface area contributed by atoms with Crippen molar-refractivity contribution in [2.24, 2.45) is 0 Å². The Bertz CT molecular complexity index is 1520. The number of hydrogen-bond donors (Lipinski definition) is 3. The summed E-state index contributed by atoms with van der Waals surface area (Å²) in [5.74, 6) is -0.440. The van der Waals surface area contributed by atoms with E-state index in [0.717, 1.165) is 38.4 Å². The number of fused-ring (bicyclic) bond motifs is 1. The van der Waals surface area contributed by atoms with Crippen LogP contribution in [0.15, 0.2) is 33.9 Å². The third-order valence-corrected chi connectivity index (χ3v) is 6.09. The Hall–Kier alpha value is -4.28. The number of aromatic nitrogens is 4. The second-order valence-corrected chi connectivity index (χ2v) is 10.7. The van der Waals surface area contributed by atoms with E-state index in [9.17, 15) is 19.2 Å². The van der Waals surface area contributed by atoms with E-state index in [1.165, 1.54) is 0 Å². The summed E-state index contributed by atoms with van der Waals surface area (Å²) in [7, 11) is 0. The van der Waals surface area contributed by atoms with E-state index >= 15 is 0 Å². The van der Waals surface area contributed by atoms with Crippen molar-refractivity contribution in [3.63, 3.8) is 0 Å². The summed E-state index contributed by atoms with van der Waals surface area (Å²) >= 11 is 0. The fraction of sp³-hybridized carbons (Fsp3) is 0.385. The lowest BCUT2D eigenvalue weighted by Crippen LogP contribution is -2.36. The fourth-order valence-corrected chi connectivity index (χ4v) is 4.17. The molecule has 0 spiro atoms. The lowest BCUT2D eigenvalue weighted by molar-refractivity contribution is -0.119. The van der Waals surface area contributed by atoms with Crippen molar-refractivity contribution in [3.05, 3.63) is 73.2 Å². The van der Waals surface area contributed by atoms with Gasteiger partial charge in [0.15, 0.2) is 0 Å². The average Bonchev–Trinajstić information content (AvgIpc) is 2.99. The lowest BCUT2D eigenvalue weighted by atomic mass is 9.90. The van der Waals surface area contributed by atoms with Crippen molar-refractivity contribution >= 4 is 23.5 Å². The number of carbonyl (C=O) groups is 2. The van der Waals surface area contributed by atoms with Gasteiger partial charge in [-0.25, -0.2) is 9.59 Å². The standard InChI is InChI=1S/C26H30N6O5/c1-13-10-16(32-23(35)30-21(33)20(31-32)29-24(36)37-25(3,4)5)11-14(2)17(13)12-15-8-9-18-19(27-15)26(6,7)22(34)28-18/h8-11H,12H2,1-7H3,(H,28,34)(H,29,31,36)(H,30,33,35). The Morgan fingerprint density at radius 2 is 1.76 bits per heavy atom. The summed E-state index contributed by atoms with van der Waals surface area (Å²) in [6.45, 7) is 12.6. The molecule has 0 bridgehead atoms. The van der Waals surface area contributed by atoms with Gasteiger partial charge in [0, 0.05) is 12.1 Å². The number of nitrogens with one attached hydrogen (secondary N) is 3. The maximum atomic E-state index is 12.6. The molecule has 0 aliphatic carbocycles. The van der Waals surface area contributed by atoms with Crippen molar-refractivity contribution in [1.82, 2.24) is 19.7 Å². The number of ether oxygens (including phenoxy) is 1. The molecule has 0 radical (unpaired) electrons. The molecule has 4 rings (SSSR count). The van der Waals surface area contributed by atoms with Gasteiger partial charge in [0.2, 0.25) is 11.7 Å². The Kier molecular flexibility index (Phi) is 6.27. The maximum Gasteiger partial charge on any atom is 0.413 e. The molecule has 2 aromatic heterocycles. The van der Waals surface area contributed by atoms with E-state index in [-0.39, 0.29) is 11.7 Å². The van der Waals surface area contributed by atoms with Crippen LogP contribution in [-0.2, 0) is 21.4 Å². The molecule has 0 atom stereocenters. The molecule has 11 heteroatoms. The second kappa shape index (κ2) is 8.99. The van der Waals surface area contributed by atoms with E-state index in [2.05, 4.69) is 20.7 Å². The molecular formula is C26H30N6O5. The fourth-order valence-electron chi connectivity index (χ4n) is 4.17. The van der Waals surface area contributed by atoms with Gasteiger partial charge in [0.05, 0.1) is 22.5 Å². The molecule has 194 valence electrons. The minimum absolute atomic E-state index is 0.0803. The molecule has 3 aromatic rings. The smallest absolute Gasteiger partial charge is 0.413 e. The predicted octanol–water partition coefficient (Wildman–Crippen LogP) is 3.10. The highest BCUT2D eigenvalue weighted by Crippen LogP contribution is 2.36. The normalized spacial score (nSPS) is 14.2. The zero-order valence-corrected chi connectivity index (χ0v) is 21.9. The number of nitrogens with zero attached hydrogens (tertiary/aromatic N) is 3. The molecule has 0 unspecified atom stereocenters. The number of H-pyrrole nitrogens is 1. The van der Waals surface area contributed by atoms with Crippen LogP contribution in [-0.4, -0.2) is 37.3 Å². The molecule has 1 aromatic carbocycles. The highest BCUT2D eigenvalue weighted by atomic mass is 16.6. The zero-order valence-electron chi connectivity index (χ0n) is 21.9.